The molecule has 0 aliphatic carbocycles. The third-order valence-corrected chi connectivity index (χ3v) is 4.68. The number of amides is 1. The zero-order chi connectivity index (χ0) is 19.2. The minimum Gasteiger partial charge on any atom is -0.334 e. The molecule has 0 bridgehead atoms. The van der Waals surface area contributed by atoms with Gasteiger partial charge in [0.05, 0.1) is 5.56 Å². The average molecular weight is 435 g/mol. The summed E-state index contributed by atoms with van der Waals surface area (Å²) in [5, 5.41) is 0. The van der Waals surface area contributed by atoms with Crippen molar-refractivity contribution in [2.45, 2.75) is 26.8 Å². The van der Waals surface area contributed by atoms with Gasteiger partial charge in [0.2, 0.25) is 0 Å². The minimum absolute atomic E-state index is 0. The number of aromatic nitrogens is 2. The molecule has 2 aromatic heterocycles. The molecule has 3 aromatic rings. The Bertz CT molecular complexity index is 898. The number of hydrogen-bond acceptors (Lipinski definition) is 3. The normalized spacial score (nSPS) is 10.0. The summed E-state index contributed by atoms with van der Waals surface area (Å²) in [6.07, 6.45) is 2.54. The van der Waals surface area contributed by atoms with E-state index in [1.807, 2.05) is 77.9 Å². The summed E-state index contributed by atoms with van der Waals surface area (Å²) in [6, 6.07) is 17.8. The van der Waals surface area contributed by atoms with Crippen molar-refractivity contribution in [3.8, 4) is 5.82 Å². The van der Waals surface area contributed by atoms with Gasteiger partial charge in [0, 0.05) is 30.7 Å². The second-order valence-electron chi connectivity index (χ2n) is 6.66. The van der Waals surface area contributed by atoms with Crippen LogP contribution in [-0.2, 0) is 6.54 Å². The van der Waals surface area contributed by atoms with Crippen molar-refractivity contribution >= 4 is 30.7 Å². The van der Waals surface area contributed by atoms with Gasteiger partial charge in [0.25, 0.3) is 5.91 Å². The van der Waals surface area contributed by atoms with Gasteiger partial charge in [0.1, 0.15) is 5.82 Å². The second-order valence-corrected chi connectivity index (χ2v) is 6.66. The number of benzene rings is 1. The van der Waals surface area contributed by atoms with Gasteiger partial charge in [-0.1, -0.05) is 36.4 Å². The van der Waals surface area contributed by atoms with Crippen LogP contribution in [0.5, 0.6) is 0 Å². The van der Waals surface area contributed by atoms with E-state index in [0.29, 0.717) is 25.2 Å². The Kier molecular flexibility index (Phi) is 9.89. The zero-order valence-electron chi connectivity index (χ0n) is 16.7. The average Bonchev–Trinajstić information content (AvgIpc) is 3.00. The van der Waals surface area contributed by atoms with Gasteiger partial charge in [-0.2, -0.15) is 0 Å². The molecule has 0 saturated heterocycles. The molecule has 2 N–H and O–H groups in total. The fourth-order valence-electron chi connectivity index (χ4n) is 3.33. The third kappa shape index (κ3) is 5.82. The van der Waals surface area contributed by atoms with Crippen molar-refractivity contribution in [3.05, 3.63) is 83.3 Å². The first kappa shape index (κ1) is 24.7. The number of pyridine rings is 1. The van der Waals surface area contributed by atoms with Crippen LogP contribution >= 0.6 is 24.8 Å². The van der Waals surface area contributed by atoms with E-state index in [1.54, 1.807) is 6.20 Å². The van der Waals surface area contributed by atoms with Gasteiger partial charge >= 0.3 is 0 Å². The lowest BCUT2D eigenvalue weighted by molar-refractivity contribution is 0.0741. The van der Waals surface area contributed by atoms with E-state index in [9.17, 15) is 4.79 Å². The Hall–Kier alpha value is -2.34. The molecule has 3 rings (SSSR count). The highest BCUT2D eigenvalue weighted by atomic mass is 35.5. The highest BCUT2D eigenvalue weighted by molar-refractivity contribution is 5.96. The van der Waals surface area contributed by atoms with Crippen molar-refractivity contribution in [2.24, 2.45) is 5.73 Å². The summed E-state index contributed by atoms with van der Waals surface area (Å²) in [5.74, 6) is 0.853. The van der Waals surface area contributed by atoms with Crippen LogP contribution in [-0.4, -0.2) is 33.4 Å². The molecule has 5 nitrogen and oxygen atoms in total. The minimum atomic E-state index is 0. The topological polar surface area (TPSA) is 64.2 Å². The highest BCUT2D eigenvalue weighted by Gasteiger charge is 2.22. The van der Waals surface area contributed by atoms with E-state index in [2.05, 4.69) is 4.98 Å². The number of nitrogens with two attached hydrogens (primary N) is 1. The number of halogens is 2. The summed E-state index contributed by atoms with van der Waals surface area (Å²) in [4.78, 5) is 19.6. The predicted molar refractivity (Wildman–Crippen MR) is 122 cm³/mol. The van der Waals surface area contributed by atoms with Crippen LogP contribution in [0, 0.1) is 13.8 Å². The molecule has 0 aliphatic heterocycles. The molecule has 0 fully saturated rings. The third-order valence-electron chi connectivity index (χ3n) is 4.68. The number of carbonyl (C=O) groups is 1. The number of carbonyl (C=O) groups excluding carboxylic acids is 1. The number of nitrogens with zero attached hydrogens (tertiary/aromatic N) is 3. The first-order valence-electron chi connectivity index (χ1n) is 9.25. The lowest BCUT2D eigenvalue weighted by Gasteiger charge is -2.23. The van der Waals surface area contributed by atoms with Gasteiger partial charge in [-0.25, -0.2) is 4.98 Å². The van der Waals surface area contributed by atoms with Crippen LogP contribution in [0.1, 0.15) is 33.7 Å². The number of hydrogen-bond donors (Lipinski definition) is 1. The molecule has 0 radical (unpaired) electrons. The van der Waals surface area contributed by atoms with E-state index in [4.69, 9.17) is 5.73 Å². The Balaban J connectivity index is 0.00000210. The van der Waals surface area contributed by atoms with Gasteiger partial charge in [-0.15, -0.1) is 24.8 Å². The van der Waals surface area contributed by atoms with Crippen molar-refractivity contribution in [2.75, 3.05) is 13.1 Å². The van der Waals surface area contributed by atoms with Gasteiger partial charge in [-0.3, -0.25) is 4.79 Å². The fourth-order valence-corrected chi connectivity index (χ4v) is 3.33. The van der Waals surface area contributed by atoms with Crippen molar-refractivity contribution in [1.29, 1.82) is 0 Å². The summed E-state index contributed by atoms with van der Waals surface area (Å²) >= 11 is 0. The Labute approximate surface area is 184 Å². The van der Waals surface area contributed by atoms with E-state index in [1.165, 1.54) is 0 Å². The molecule has 0 atom stereocenters. The quantitative estimate of drug-likeness (QED) is 0.601. The monoisotopic (exact) mass is 434 g/mol. The molecule has 7 heteroatoms. The molecule has 0 spiro atoms. The van der Waals surface area contributed by atoms with Gasteiger partial charge in [0.15, 0.2) is 0 Å². The number of rotatable bonds is 7. The number of aryl methyl sites for hydroxylation is 1. The lowest BCUT2D eigenvalue weighted by Crippen LogP contribution is -2.32. The SMILES string of the molecule is Cc1cc(C(=O)N(CCCN)Cc2ccccc2)c(C)n1-c1ccccn1.Cl.Cl. The Morgan fingerprint density at radius 3 is 2.38 bits per heavy atom. The van der Waals surface area contributed by atoms with E-state index >= 15 is 0 Å². The first-order chi connectivity index (χ1) is 13.1. The molecule has 1 amide bonds. The smallest absolute Gasteiger partial charge is 0.255 e. The van der Waals surface area contributed by atoms with Crippen LogP contribution in [0.15, 0.2) is 60.8 Å². The van der Waals surface area contributed by atoms with Crippen molar-refractivity contribution < 1.29 is 4.79 Å². The highest BCUT2D eigenvalue weighted by Crippen LogP contribution is 2.22. The summed E-state index contributed by atoms with van der Waals surface area (Å²) in [7, 11) is 0. The maximum Gasteiger partial charge on any atom is 0.255 e. The maximum absolute atomic E-state index is 13.3. The molecule has 0 unspecified atom stereocenters. The molecule has 156 valence electrons. The molecule has 1 aromatic carbocycles. The van der Waals surface area contributed by atoms with Gasteiger partial charge < -0.3 is 15.2 Å². The van der Waals surface area contributed by atoms with E-state index < -0.39 is 0 Å². The standard InChI is InChI=1S/C22H26N4O.2ClH/c1-17-15-20(18(2)26(17)21-11-6-7-13-24-21)22(27)25(14-8-12-23)16-19-9-4-3-5-10-19;;/h3-7,9-11,13,15H,8,12,14,16,23H2,1-2H3;2*1H. The van der Waals surface area contributed by atoms with Crippen LogP contribution < -0.4 is 5.73 Å². The molecule has 0 saturated carbocycles. The fraction of sp³-hybridized carbons (Fsp3) is 0.273. The summed E-state index contributed by atoms with van der Waals surface area (Å²) in [5.41, 5.74) is 9.42. The van der Waals surface area contributed by atoms with E-state index in [0.717, 1.165) is 29.2 Å². The van der Waals surface area contributed by atoms with Crippen molar-refractivity contribution in [1.82, 2.24) is 14.5 Å². The van der Waals surface area contributed by atoms with E-state index in [-0.39, 0.29) is 30.7 Å². The van der Waals surface area contributed by atoms with Crippen LogP contribution in [0.4, 0.5) is 0 Å². The lowest BCUT2D eigenvalue weighted by atomic mass is 10.1. The first-order valence-corrected chi connectivity index (χ1v) is 9.25. The van der Waals surface area contributed by atoms with Gasteiger partial charge in [-0.05, 0) is 50.6 Å². The predicted octanol–water partition coefficient (Wildman–Crippen LogP) is 4.32. The van der Waals surface area contributed by atoms with Crippen LogP contribution in [0.2, 0.25) is 0 Å². The van der Waals surface area contributed by atoms with Crippen LogP contribution in [0.3, 0.4) is 0 Å². The largest absolute Gasteiger partial charge is 0.334 e. The maximum atomic E-state index is 13.3. The Morgan fingerprint density at radius 1 is 1.07 bits per heavy atom. The molecule has 2 heterocycles. The molecule has 0 aliphatic rings. The molecular weight excluding hydrogens is 407 g/mol. The summed E-state index contributed by atoms with van der Waals surface area (Å²) in [6.45, 7) is 5.74. The van der Waals surface area contributed by atoms with Crippen molar-refractivity contribution in [3.63, 3.8) is 0 Å². The molecular formula is C22H28Cl2N4O. The molecule has 29 heavy (non-hydrogen) atoms. The van der Waals surface area contributed by atoms with Crippen LogP contribution in [0.25, 0.3) is 5.82 Å². The summed E-state index contributed by atoms with van der Waals surface area (Å²) < 4.78 is 2.02. The zero-order valence-corrected chi connectivity index (χ0v) is 18.4. The second kappa shape index (κ2) is 11.6. The Morgan fingerprint density at radius 2 is 1.76 bits per heavy atom.